The molecule has 0 radical (unpaired) electrons. The number of esters is 1. The smallest absolute Gasteiger partial charge is 0.305 e. The fourth-order valence-corrected chi connectivity index (χ4v) is 2.20. The van der Waals surface area contributed by atoms with Crippen molar-refractivity contribution >= 4 is 23.0 Å². The highest BCUT2D eigenvalue weighted by Crippen LogP contribution is 2.19. The van der Waals surface area contributed by atoms with Gasteiger partial charge in [0.1, 0.15) is 11.8 Å². The van der Waals surface area contributed by atoms with E-state index in [-0.39, 0.29) is 5.97 Å². The number of anilines is 2. The Labute approximate surface area is 127 Å². The van der Waals surface area contributed by atoms with E-state index in [4.69, 9.17) is 0 Å². The van der Waals surface area contributed by atoms with E-state index in [1.807, 2.05) is 42.6 Å². The molecule has 1 aromatic carbocycles. The number of aromatic nitrogens is 3. The van der Waals surface area contributed by atoms with Crippen molar-refractivity contribution in [1.29, 1.82) is 0 Å². The van der Waals surface area contributed by atoms with Crippen LogP contribution in [0, 0.1) is 0 Å². The molecule has 1 N–H and O–H groups in total. The molecule has 3 rings (SSSR count). The SMILES string of the molecule is COC(=O)CCc1ccc(Nc2ncnn3cccc23)cc1. The molecule has 0 aliphatic heterocycles. The maximum Gasteiger partial charge on any atom is 0.305 e. The lowest BCUT2D eigenvalue weighted by Crippen LogP contribution is -2.02. The molecule has 0 saturated heterocycles. The number of carbonyl (C=O) groups is 1. The van der Waals surface area contributed by atoms with Crippen LogP contribution in [0.3, 0.4) is 0 Å². The third-order valence-corrected chi connectivity index (χ3v) is 3.40. The van der Waals surface area contributed by atoms with Gasteiger partial charge in [-0.2, -0.15) is 5.10 Å². The second-order valence-corrected chi connectivity index (χ2v) is 4.84. The van der Waals surface area contributed by atoms with E-state index in [9.17, 15) is 4.79 Å². The Morgan fingerprint density at radius 2 is 2.09 bits per heavy atom. The van der Waals surface area contributed by atoms with Gasteiger partial charge in [0, 0.05) is 18.3 Å². The average Bonchev–Trinajstić information content (AvgIpc) is 3.03. The molecule has 0 aliphatic rings. The lowest BCUT2D eigenvalue weighted by atomic mass is 10.1. The van der Waals surface area contributed by atoms with E-state index in [0.717, 1.165) is 22.6 Å². The molecule has 0 aliphatic carbocycles. The molecule has 6 heteroatoms. The van der Waals surface area contributed by atoms with Crippen LogP contribution in [0.2, 0.25) is 0 Å². The first-order valence-corrected chi connectivity index (χ1v) is 6.97. The summed E-state index contributed by atoms with van der Waals surface area (Å²) in [6, 6.07) is 11.8. The molecule has 0 atom stereocenters. The number of carbonyl (C=O) groups excluding carboxylic acids is 1. The number of rotatable bonds is 5. The summed E-state index contributed by atoms with van der Waals surface area (Å²) >= 11 is 0. The molecular formula is C16H16N4O2. The highest BCUT2D eigenvalue weighted by Gasteiger charge is 2.04. The van der Waals surface area contributed by atoms with Crippen molar-refractivity contribution in [3.05, 3.63) is 54.5 Å². The minimum Gasteiger partial charge on any atom is -0.469 e. The molecule has 0 saturated carbocycles. The molecule has 0 amide bonds. The molecule has 6 nitrogen and oxygen atoms in total. The zero-order valence-electron chi connectivity index (χ0n) is 12.2. The first kappa shape index (κ1) is 14.1. The third-order valence-electron chi connectivity index (χ3n) is 3.40. The summed E-state index contributed by atoms with van der Waals surface area (Å²) in [5.74, 6) is 0.557. The largest absolute Gasteiger partial charge is 0.469 e. The van der Waals surface area contributed by atoms with Gasteiger partial charge in [0.25, 0.3) is 0 Å². The lowest BCUT2D eigenvalue weighted by Gasteiger charge is -2.08. The Bertz CT molecular complexity index is 780. The number of hydrogen-bond acceptors (Lipinski definition) is 5. The molecule has 22 heavy (non-hydrogen) atoms. The normalized spacial score (nSPS) is 10.6. The summed E-state index contributed by atoms with van der Waals surface area (Å²) in [6.45, 7) is 0. The van der Waals surface area contributed by atoms with Crippen LogP contribution in [0.4, 0.5) is 11.5 Å². The van der Waals surface area contributed by atoms with Crippen LogP contribution in [0.15, 0.2) is 48.9 Å². The molecule has 3 aromatic rings. The van der Waals surface area contributed by atoms with Gasteiger partial charge in [-0.1, -0.05) is 12.1 Å². The Balaban J connectivity index is 1.71. The van der Waals surface area contributed by atoms with Crippen molar-refractivity contribution in [2.75, 3.05) is 12.4 Å². The van der Waals surface area contributed by atoms with Crippen molar-refractivity contribution in [3.63, 3.8) is 0 Å². The maximum absolute atomic E-state index is 11.1. The summed E-state index contributed by atoms with van der Waals surface area (Å²) in [5, 5.41) is 7.40. The van der Waals surface area contributed by atoms with Gasteiger partial charge in [0.2, 0.25) is 0 Å². The topological polar surface area (TPSA) is 68.5 Å². The van der Waals surface area contributed by atoms with Crippen LogP contribution < -0.4 is 5.32 Å². The quantitative estimate of drug-likeness (QED) is 0.733. The predicted octanol–water partition coefficient (Wildman–Crippen LogP) is 2.58. The van der Waals surface area contributed by atoms with Gasteiger partial charge in [0.05, 0.1) is 7.11 Å². The Kier molecular flexibility index (Phi) is 4.00. The van der Waals surface area contributed by atoms with Gasteiger partial charge in [-0.05, 0) is 36.2 Å². The van der Waals surface area contributed by atoms with E-state index in [0.29, 0.717) is 12.8 Å². The highest BCUT2D eigenvalue weighted by atomic mass is 16.5. The Hall–Kier alpha value is -2.89. The summed E-state index contributed by atoms with van der Waals surface area (Å²) in [4.78, 5) is 15.4. The van der Waals surface area contributed by atoms with Gasteiger partial charge in [-0.25, -0.2) is 9.50 Å². The van der Waals surface area contributed by atoms with Crippen LogP contribution in [-0.2, 0) is 16.0 Å². The molecule has 2 aromatic heterocycles. The number of methoxy groups -OCH3 is 1. The van der Waals surface area contributed by atoms with Gasteiger partial charge >= 0.3 is 5.97 Å². The van der Waals surface area contributed by atoms with Crippen LogP contribution in [0.25, 0.3) is 5.52 Å². The number of aryl methyl sites for hydroxylation is 1. The van der Waals surface area contributed by atoms with Crippen LogP contribution in [-0.4, -0.2) is 27.7 Å². The summed E-state index contributed by atoms with van der Waals surface area (Å²) in [5.41, 5.74) is 2.94. The standard InChI is InChI=1S/C16H16N4O2/c1-22-15(21)9-6-12-4-7-13(8-5-12)19-16-14-3-2-10-20(14)18-11-17-16/h2-5,7-8,10-11H,6,9H2,1H3,(H,17,18,19). The number of fused-ring (bicyclic) bond motifs is 1. The van der Waals surface area contributed by atoms with Crippen molar-refractivity contribution in [2.24, 2.45) is 0 Å². The van der Waals surface area contributed by atoms with Gasteiger partial charge in [-0.15, -0.1) is 0 Å². The number of ether oxygens (including phenoxy) is 1. The van der Waals surface area contributed by atoms with Gasteiger partial charge in [0.15, 0.2) is 5.82 Å². The molecule has 112 valence electrons. The van der Waals surface area contributed by atoms with E-state index < -0.39 is 0 Å². The second kappa shape index (κ2) is 6.26. The van der Waals surface area contributed by atoms with Crippen LogP contribution >= 0.6 is 0 Å². The average molecular weight is 296 g/mol. The fourth-order valence-electron chi connectivity index (χ4n) is 2.20. The highest BCUT2D eigenvalue weighted by molar-refractivity contribution is 5.73. The van der Waals surface area contributed by atoms with Crippen molar-refractivity contribution < 1.29 is 9.53 Å². The number of benzene rings is 1. The Morgan fingerprint density at radius 3 is 2.86 bits per heavy atom. The van der Waals surface area contributed by atoms with E-state index >= 15 is 0 Å². The number of hydrogen-bond donors (Lipinski definition) is 1. The van der Waals surface area contributed by atoms with E-state index in [2.05, 4.69) is 20.1 Å². The van der Waals surface area contributed by atoms with Crippen molar-refractivity contribution in [2.45, 2.75) is 12.8 Å². The van der Waals surface area contributed by atoms with Crippen molar-refractivity contribution in [3.8, 4) is 0 Å². The number of nitrogens with one attached hydrogen (secondary N) is 1. The molecule has 0 bridgehead atoms. The minimum atomic E-state index is -0.196. The molecule has 2 heterocycles. The summed E-state index contributed by atoms with van der Waals surface area (Å²) in [7, 11) is 1.40. The lowest BCUT2D eigenvalue weighted by molar-refractivity contribution is -0.140. The zero-order valence-corrected chi connectivity index (χ0v) is 12.2. The molecule has 0 fully saturated rings. The third kappa shape index (κ3) is 3.06. The fraction of sp³-hybridized carbons (Fsp3) is 0.188. The van der Waals surface area contributed by atoms with Crippen molar-refractivity contribution in [1.82, 2.24) is 14.6 Å². The van der Waals surface area contributed by atoms with Gasteiger partial charge in [-0.3, -0.25) is 4.79 Å². The summed E-state index contributed by atoms with van der Waals surface area (Å²) in [6.07, 6.45) is 4.45. The molecular weight excluding hydrogens is 280 g/mol. The predicted molar refractivity (Wildman–Crippen MR) is 83.0 cm³/mol. The summed E-state index contributed by atoms with van der Waals surface area (Å²) < 4.78 is 6.40. The molecule has 0 spiro atoms. The maximum atomic E-state index is 11.1. The van der Waals surface area contributed by atoms with E-state index in [1.54, 1.807) is 4.52 Å². The number of nitrogens with zero attached hydrogens (tertiary/aromatic N) is 3. The first-order valence-electron chi connectivity index (χ1n) is 6.97. The minimum absolute atomic E-state index is 0.196. The van der Waals surface area contributed by atoms with Crippen LogP contribution in [0.1, 0.15) is 12.0 Å². The second-order valence-electron chi connectivity index (χ2n) is 4.84. The first-order chi connectivity index (χ1) is 10.8. The zero-order chi connectivity index (χ0) is 15.4. The van der Waals surface area contributed by atoms with Gasteiger partial charge < -0.3 is 10.1 Å². The Morgan fingerprint density at radius 1 is 1.27 bits per heavy atom. The molecule has 0 unspecified atom stereocenters. The van der Waals surface area contributed by atoms with Crippen LogP contribution in [0.5, 0.6) is 0 Å². The monoisotopic (exact) mass is 296 g/mol. The van der Waals surface area contributed by atoms with E-state index in [1.165, 1.54) is 13.4 Å².